The monoisotopic (exact) mass is 366 g/mol. The van der Waals surface area contributed by atoms with Gasteiger partial charge in [-0.3, -0.25) is 9.59 Å². The van der Waals surface area contributed by atoms with Crippen LogP contribution in [0.2, 0.25) is 0 Å². The molecule has 0 radical (unpaired) electrons. The quantitative estimate of drug-likeness (QED) is 0.691. The third kappa shape index (κ3) is 6.07. The fraction of sp³-hybridized carbons (Fsp3) is 0.909. The third-order valence-corrected chi connectivity index (χ3v) is 6.88. The first-order valence-corrected chi connectivity index (χ1v) is 10.9. The van der Waals surface area contributed by atoms with Crippen LogP contribution in [0.15, 0.2) is 0 Å². The van der Waals surface area contributed by atoms with E-state index in [1.807, 2.05) is 13.8 Å². The van der Waals surface area contributed by atoms with E-state index in [1.54, 1.807) is 0 Å². The Morgan fingerprint density at radius 1 is 1.12 bits per heavy atom. The molecule has 2 aliphatic rings. The summed E-state index contributed by atoms with van der Waals surface area (Å²) in [5.41, 5.74) is 0.484. The molecule has 152 valence electrons. The van der Waals surface area contributed by atoms with Crippen LogP contribution in [0.25, 0.3) is 0 Å². The zero-order valence-electron chi connectivity index (χ0n) is 17.5. The maximum absolute atomic E-state index is 12.4. The SMILES string of the molecule is CCC(C)NC(=O)C1CCC2(CC1)CCN(CCCC(=O)C(C)C)CC2.[HH]. The van der Waals surface area contributed by atoms with Crippen molar-refractivity contribution in [1.82, 2.24) is 10.2 Å². The van der Waals surface area contributed by atoms with Crippen LogP contribution < -0.4 is 5.32 Å². The second kappa shape index (κ2) is 9.87. The van der Waals surface area contributed by atoms with Crippen molar-refractivity contribution in [1.29, 1.82) is 0 Å². The Balaban J connectivity index is 0.00000364. The first-order valence-electron chi connectivity index (χ1n) is 10.9. The van der Waals surface area contributed by atoms with Crippen LogP contribution in [0.5, 0.6) is 0 Å². The molecule has 1 heterocycles. The van der Waals surface area contributed by atoms with Crippen molar-refractivity contribution >= 4 is 11.7 Å². The van der Waals surface area contributed by atoms with Gasteiger partial charge < -0.3 is 10.2 Å². The van der Waals surface area contributed by atoms with Gasteiger partial charge in [-0.25, -0.2) is 0 Å². The van der Waals surface area contributed by atoms with Gasteiger partial charge in [0.1, 0.15) is 5.78 Å². The molecule has 0 aromatic carbocycles. The average molecular weight is 367 g/mol. The molecule has 2 rings (SSSR count). The lowest BCUT2D eigenvalue weighted by atomic mass is 9.65. The first-order chi connectivity index (χ1) is 12.3. The average Bonchev–Trinajstić information content (AvgIpc) is 2.63. The predicted octanol–water partition coefficient (Wildman–Crippen LogP) is 4.42. The van der Waals surface area contributed by atoms with Gasteiger partial charge in [0.15, 0.2) is 0 Å². The van der Waals surface area contributed by atoms with Crippen LogP contribution in [-0.4, -0.2) is 42.3 Å². The van der Waals surface area contributed by atoms with Gasteiger partial charge in [-0.1, -0.05) is 20.8 Å². The van der Waals surface area contributed by atoms with Crippen LogP contribution in [-0.2, 0) is 9.59 Å². The Morgan fingerprint density at radius 3 is 2.27 bits per heavy atom. The van der Waals surface area contributed by atoms with E-state index in [1.165, 1.54) is 38.8 Å². The first kappa shape index (κ1) is 21.4. The number of Topliss-reactive ketones (excluding diaryl/α,β-unsaturated/α-hetero) is 1. The molecular weight excluding hydrogens is 324 g/mol. The zero-order valence-corrected chi connectivity index (χ0v) is 17.5. The zero-order chi connectivity index (χ0) is 19.2. The lowest BCUT2D eigenvalue weighted by Crippen LogP contribution is -2.44. The van der Waals surface area contributed by atoms with Gasteiger partial charge >= 0.3 is 0 Å². The molecule has 1 aliphatic heterocycles. The number of nitrogens with one attached hydrogen (secondary N) is 1. The summed E-state index contributed by atoms with van der Waals surface area (Å²) in [5.74, 6) is 1.08. The van der Waals surface area contributed by atoms with E-state index in [-0.39, 0.29) is 19.2 Å². The third-order valence-electron chi connectivity index (χ3n) is 6.88. The summed E-state index contributed by atoms with van der Waals surface area (Å²) in [7, 11) is 0. The second-order valence-electron chi connectivity index (χ2n) is 9.16. The Kier molecular flexibility index (Phi) is 8.12. The molecule has 4 heteroatoms. The van der Waals surface area contributed by atoms with Gasteiger partial charge in [-0.2, -0.15) is 0 Å². The predicted molar refractivity (Wildman–Crippen MR) is 109 cm³/mol. The molecule has 1 aliphatic carbocycles. The van der Waals surface area contributed by atoms with Gasteiger partial charge in [-0.05, 0) is 83.3 Å². The summed E-state index contributed by atoms with van der Waals surface area (Å²) in [4.78, 5) is 26.7. The number of nitrogens with zero attached hydrogens (tertiary/aromatic N) is 1. The van der Waals surface area contributed by atoms with Crippen LogP contribution >= 0.6 is 0 Å². The van der Waals surface area contributed by atoms with E-state index in [4.69, 9.17) is 0 Å². The normalized spacial score (nSPS) is 22.5. The van der Waals surface area contributed by atoms with E-state index in [9.17, 15) is 9.59 Å². The number of piperidine rings is 1. The van der Waals surface area contributed by atoms with Crippen molar-refractivity contribution in [3.05, 3.63) is 0 Å². The molecule has 1 atom stereocenters. The molecule has 4 nitrogen and oxygen atoms in total. The lowest BCUT2D eigenvalue weighted by molar-refractivity contribution is -0.128. The topological polar surface area (TPSA) is 49.4 Å². The summed E-state index contributed by atoms with van der Waals surface area (Å²) in [6.45, 7) is 11.6. The van der Waals surface area contributed by atoms with E-state index < -0.39 is 0 Å². The molecule has 1 amide bonds. The van der Waals surface area contributed by atoms with Crippen molar-refractivity contribution in [2.45, 2.75) is 91.5 Å². The highest BCUT2D eigenvalue weighted by atomic mass is 16.2. The number of carbonyl (C=O) groups excluding carboxylic acids is 2. The Bertz CT molecular complexity index is 463. The van der Waals surface area contributed by atoms with Crippen molar-refractivity contribution in [2.75, 3.05) is 19.6 Å². The highest BCUT2D eigenvalue weighted by Gasteiger charge is 2.39. The van der Waals surface area contributed by atoms with Crippen molar-refractivity contribution < 1.29 is 11.0 Å². The second-order valence-corrected chi connectivity index (χ2v) is 9.16. The highest BCUT2D eigenvalue weighted by molar-refractivity contribution is 5.80. The van der Waals surface area contributed by atoms with E-state index in [2.05, 4.69) is 24.1 Å². The maximum atomic E-state index is 12.4. The molecule has 1 spiro atoms. The number of hydrogen-bond acceptors (Lipinski definition) is 3. The number of amides is 1. The van der Waals surface area contributed by atoms with Crippen LogP contribution in [0.4, 0.5) is 0 Å². The van der Waals surface area contributed by atoms with Crippen molar-refractivity contribution in [2.24, 2.45) is 17.3 Å². The summed E-state index contributed by atoms with van der Waals surface area (Å²) in [6, 6.07) is 0.296. The summed E-state index contributed by atoms with van der Waals surface area (Å²) >= 11 is 0. The molecular formula is C22H42N2O2. The minimum Gasteiger partial charge on any atom is -0.353 e. The fourth-order valence-corrected chi connectivity index (χ4v) is 4.47. The largest absolute Gasteiger partial charge is 0.353 e. The Labute approximate surface area is 162 Å². The summed E-state index contributed by atoms with van der Waals surface area (Å²) < 4.78 is 0. The van der Waals surface area contributed by atoms with E-state index in [0.717, 1.165) is 38.6 Å². The van der Waals surface area contributed by atoms with Gasteiger partial charge in [-0.15, -0.1) is 0 Å². The molecule has 0 bridgehead atoms. The number of ketones is 1. The minimum absolute atomic E-state index is 0. The molecule has 0 aromatic rings. The Morgan fingerprint density at radius 2 is 1.73 bits per heavy atom. The molecule has 26 heavy (non-hydrogen) atoms. The molecule has 0 aromatic heterocycles. The molecule has 1 N–H and O–H groups in total. The van der Waals surface area contributed by atoms with Crippen molar-refractivity contribution in [3.63, 3.8) is 0 Å². The standard InChI is InChI=1S/C22H40N2O2.H2/c1-5-18(4)23-21(26)19-8-10-22(11-9-19)12-15-24(16-13-22)14-6-7-20(25)17(2)3;/h17-19H,5-16H2,1-4H3,(H,23,26);1H. The fourth-order valence-electron chi connectivity index (χ4n) is 4.47. The van der Waals surface area contributed by atoms with Crippen molar-refractivity contribution in [3.8, 4) is 0 Å². The van der Waals surface area contributed by atoms with Crippen LogP contribution in [0.3, 0.4) is 0 Å². The molecule has 2 fully saturated rings. The van der Waals surface area contributed by atoms with Gasteiger partial charge in [0, 0.05) is 25.7 Å². The van der Waals surface area contributed by atoms with Gasteiger partial charge in [0.25, 0.3) is 0 Å². The summed E-state index contributed by atoms with van der Waals surface area (Å²) in [6.07, 6.45) is 9.82. The number of hydrogen-bond donors (Lipinski definition) is 1. The Hall–Kier alpha value is -0.900. The number of rotatable bonds is 8. The smallest absolute Gasteiger partial charge is 0.223 e. The molecule has 1 saturated carbocycles. The van der Waals surface area contributed by atoms with Crippen LogP contribution in [0, 0.1) is 17.3 Å². The van der Waals surface area contributed by atoms with E-state index in [0.29, 0.717) is 17.2 Å². The minimum atomic E-state index is 0. The maximum Gasteiger partial charge on any atom is 0.223 e. The van der Waals surface area contributed by atoms with Gasteiger partial charge in [0.05, 0.1) is 0 Å². The summed E-state index contributed by atoms with van der Waals surface area (Å²) in [5, 5.41) is 3.16. The molecule has 1 unspecified atom stereocenters. The van der Waals surface area contributed by atoms with Crippen LogP contribution in [0.1, 0.15) is 86.9 Å². The lowest BCUT2D eigenvalue weighted by Gasteiger charge is -2.46. The van der Waals surface area contributed by atoms with Gasteiger partial charge in [0.2, 0.25) is 5.91 Å². The highest BCUT2D eigenvalue weighted by Crippen LogP contribution is 2.46. The van der Waals surface area contributed by atoms with E-state index >= 15 is 0 Å². The number of likely N-dealkylation sites (tertiary alicyclic amines) is 1. The molecule has 1 saturated heterocycles. The number of carbonyl (C=O) groups is 2.